The van der Waals surface area contributed by atoms with E-state index in [0.29, 0.717) is 23.7 Å². The van der Waals surface area contributed by atoms with Crippen LogP contribution in [0.4, 0.5) is 10.1 Å². The van der Waals surface area contributed by atoms with Crippen LogP contribution in [0.1, 0.15) is 5.69 Å². The highest BCUT2D eigenvalue weighted by Crippen LogP contribution is 2.21. The highest BCUT2D eigenvalue weighted by molar-refractivity contribution is 5.49. The molecule has 94 valence electrons. The summed E-state index contributed by atoms with van der Waals surface area (Å²) in [6.45, 7) is 0.365. The number of anilines is 1. The molecule has 0 unspecified atom stereocenters. The minimum Gasteiger partial charge on any atom is -0.506 e. The Morgan fingerprint density at radius 2 is 2.17 bits per heavy atom. The zero-order valence-corrected chi connectivity index (χ0v) is 9.85. The smallest absolute Gasteiger partial charge is 0.146 e. The second-order valence-corrected chi connectivity index (χ2v) is 3.71. The van der Waals surface area contributed by atoms with Crippen molar-refractivity contribution in [2.75, 3.05) is 12.4 Å². The molecule has 1 aromatic heterocycles. The van der Waals surface area contributed by atoms with Crippen LogP contribution in [0.2, 0.25) is 0 Å². The third kappa shape index (κ3) is 2.88. The van der Waals surface area contributed by atoms with E-state index in [0.717, 1.165) is 0 Å². The van der Waals surface area contributed by atoms with Gasteiger partial charge in [-0.15, -0.1) is 0 Å². The molecule has 2 aromatic rings. The summed E-state index contributed by atoms with van der Waals surface area (Å²) in [5, 5.41) is 12.0. The van der Waals surface area contributed by atoms with Gasteiger partial charge in [0.15, 0.2) is 0 Å². The van der Waals surface area contributed by atoms with E-state index in [2.05, 4.69) is 10.3 Å². The third-order valence-electron chi connectivity index (χ3n) is 2.44. The number of methoxy groups -OCH3 is 1. The lowest BCUT2D eigenvalue weighted by molar-refractivity contribution is 0.414. The quantitative estimate of drug-likeness (QED) is 0.873. The van der Waals surface area contributed by atoms with Crippen LogP contribution in [0.3, 0.4) is 0 Å². The van der Waals surface area contributed by atoms with Gasteiger partial charge in [0.25, 0.3) is 0 Å². The molecule has 18 heavy (non-hydrogen) atoms. The predicted octanol–water partition coefficient (Wildman–Crippen LogP) is 2.55. The van der Waals surface area contributed by atoms with Gasteiger partial charge in [0.1, 0.15) is 17.3 Å². The zero-order valence-electron chi connectivity index (χ0n) is 9.85. The Morgan fingerprint density at radius 3 is 2.83 bits per heavy atom. The van der Waals surface area contributed by atoms with E-state index in [1.165, 1.54) is 25.4 Å². The zero-order chi connectivity index (χ0) is 13.0. The molecule has 0 amide bonds. The van der Waals surface area contributed by atoms with Crippen molar-refractivity contribution in [3.8, 4) is 11.5 Å². The maximum absolute atomic E-state index is 13.5. The summed E-state index contributed by atoms with van der Waals surface area (Å²) in [6, 6.07) is 7.67. The standard InChI is InChI=1S/C13H13FN2O2/c1-18-11-4-5-12(14)13(6-11)16-7-9-2-3-10(17)8-15-9/h2-6,8,16-17H,7H2,1H3. The number of hydrogen-bond acceptors (Lipinski definition) is 4. The average molecular weight is 248 g/mol. The van der Waals surface area contributed by atoms with Crippen LogP contribution in [-0.4, -0.2) is 17.2 Å². The number of benzene rings is 1. The molecule has 0 fully saturated rings. The number of aromatic hydroxyl groups is 1. The van der Waals surface area contributed by atoms with Crippen LogP contribution in [0.15, 0.2) is 36.5 Å². The number of ether oxygens (including phenoxy) is 1. The monoisotopic (exact) mass is 248 g/mol. The van der Waals surface area contributed by atoms with Crippen molar-refractivity contribution in [1.29, 1.82) is 0 Å². The van der Waals surface area contributed by atoms with Gasteiger partial charge in [0, 0.05) is 6.07 Å². The Kier molecular flexibility index (Phi) is 3.62. The highest BCUT2D eigenvalue weighted by Gasteiger charge is 2.04. The molecular formula is C13H13FN2O2. The van der Waals surface area contributed by atoms with Crippen molar-refractivity contribution in [2.45, 2.75) is 6.54 Å². The van der Waals surface area contributed by atoms with E-state index in [9.17, 15) is 4.39 Å². The predicted molar refractivity (Wildman–Crippen MR) is 66.2 cm³/mol. The Bertz CT molecular complexity index is 529. The van der Waals surface area contributed by atoms with E-state index in [-0.39, 0.29) is 11.6 Å². The second kappa shape index (κ2) is 5.35. The molecule has 1 aromatic carbocycles. The lowest BCUT2D eigenvalue weighted by atomic mass is 10.2. The van der Waals surface area contributed by atoms with Crippen LogP contribution in [0, 0.1) is 5.82 Å². The van der Waals surface area contributed by atoms with Crippen LogP contribution < -0.4 is 10.1 Å². The number of hydrogen-bond donors (Lipinski definition) is 2. The van der Waals surface area contributed by atoms with Gasteiger partial charge in [-0.1, -0.05) is 0 Å². The maximum Gasteiger partial charge on any atom is 0.146 e. The summed E-state index contributed by atoms with van der Waals surface area (Å²) < 4.78 is 18.5. The van der Waals surface area contributed by atoms with Crippen molar-refractivity contribution in [2.24, 2.45) is 0 Å². The summed E-state index contributed by atoms with van der Waals surface area (Å²) in [4.78, 5) is 4.00. The molecule has 2 N–H and O–H groups in total. The molecule has 0 aliphatic carbocycles. The number of halogens is 1. The van der Waals surface area contributed by atoms with Gasteiger partial charge in [-0.25, -0.2) is 4.39 Å². The largest absolute Gasteiger partial charge is 0.506 e. The van der Waals surface area contributed by atoms with E-state index in [1.54, 1.807) is 18.2 Å². The van der Waals surface area contributed by atoms with Crippen LogP contribution in [0.25, 0.3) is 0 Å². The highest BCUT2D eigenvalue weighted by atomic mass is 19.1. The maximum atomic E-state index is 13.5. The number of rotatable bonds is 4. The molecule has 4 nitrogen and oxygen atoms in total. The molecular weight excluding hydrogens is 235 g/mol. The van der Waals surface area contributed by atoms with Crippen molar-refractivity contribution in [3.05, 3.63) is 48.0 Å². The lowest BCUT2D eigenvalue weighted by Gasteiger charge is -2.09. The van der Waals surface area contributed by atoms with Gasteiger partial charge in [-0.3, -0.25) is 4.98 Å². The van der Waals surface area contributed by atoms with Gasteiger partial charge < -0.3 is 15.2 Å². The van der Waals surface area contributed by atoms with Gasteiger partial charge in [-0.05, 0) is 24.3 Å². The van der Waals surface area contributed by atoms with Crippen molar-refractivity contribution in [3.63, 3.8) is 0 Å². The van der Waals surface area contributed by atoms with Crippen molar-refractivity contribution < 1.29 is 14.2 Å². The molecule has 0 bridgehead atoms. The van der Waals surface area contributed by atoms with E-state index in [4.69, 9.17) is 9.84 Å². The minimum atomic E-state index is -0.352. The Labute approximate surface area is 104 Å². The Balaban J connectivity index is 2.07. The molecule has 0 spiro atoms. The average Bonchev–Trinajstić information content (AvgIpc) is 2.40. The van der Waals surface area contributed by atoms with Gasteiger partial charge >= 0.3 is 0 Å². The van der Waals surface area contributed by atoms with Crippen molar-refractivity contribution in [1.82, 2.24) is 4.98 Å². The van der Waals surface area contributed by atoms with Gasteiger partial charge in [0.2, 0.25) is 0 Å². The molecule has 0 aliphatic rings. The van der Waals surface area contributed by atoms with Gasteiger partial charge in [-0.2, -0.15) is 0 Å². The first-order chi connectivity index (χ1) is 8.69. The fourth-order valence-corrected chi connectivity index (χ4v) is 1.47. The van der Waals surface area contributed by atoms with E-state index >= 15 is 0 Å². The first kappa shape index (κ1) is 12.2. The first-order valence-corrected chi connectivity index (χ1v) is 5.40. The number of aromatic nitrogens is 1. The van der Waals surface area contributed by atoms with Crippen LogP contribution in [-0.2, 0) is 6.54 Å². The summed E-state index contributed by atoms with van der Waals surface area (Å²) in [7, 11) is 1.53. The fourth-order valence-electron chi connectivity index (χ4n) is 1.47. The van der Waals surface area contributed by atoms with Gasteiger partial charge in [0.05, 0.1) is 31.2 Å². The van der Waals surface area contributed by atoms with Crippen LogP contribution in [0.5, 0.6) is 11.5 Å². The second-order valence-electron chi connectivity index (χ2n) is 3.71. The summed E-state index contributed by atoms with van der Waals surface area (Å²) in [6.07, 6.45) is 1.35. The van der Waals surface area contributed by atoms with E-state index in [1.807, 2.05) is 0 Å². The summed E-state index contributed by atoms with van der Waals surface area (Å²) in [5.74, 6) is 0.332. The SMILES string of the molecule is COc1ccc(F)c(NCc2ccc(O)cn2)c1. The lowest BCUT2D eigenvalue weighted by Crippen LogP contribution is -2.03. The molecule has 0 radical (unpaired) electrons. The summed E-state index contributed by atoms with van der Waals surface area (Å²) >= 11 is 0. The fraction of sp³-hybridized carbons (Fsp3) is 0.154. The molecule has 0 saturated heterocycles. The number of nitrogens with one attached hydrogen (secondary N) is 1. The molecule has 0 atom stereocenters. The normalized spacial score (nSPS) is 10.1. The van der Waals surface area contributed by atoms with Crippen molar-refractivity contribution >= 4 is 5.69 Å². The Morgan fingerprint density at radius 1 is 1.33 bits per heavy atom. The van der Waals surface area contributed by atoms with Crippen LogP contribution >= 0.6 is 0 Å². The Hall–Kier alpha value is -2.30. The number of nitrogens with zero attached hydrogens (tertiary/aromatic N) is 1. The minimum absolute atomic E-state index is 0.103. The molecule has 1 heterocycles. The molecule has 5 heteroatoms. The topological polar surface area (TPSA) is 54.4 Å². The molecule has 0 saturated carbocycles. The molecule has 0 aliphatic heterocycles. The summed E-state index contributed by atoms with van der Waals surface area (Å²) in [5.41, 5.74) is 1.05. The first-order valence-electron chi connectivity index (χ1n) is 5.40. The number of pyridine rings is 1. The van der Waals surface area contributed by atoms with E-state index < -0.39 is 0 Å². The third-order valence-corrected chi connectivity index (χ3v) is 2.44. The molecule has 2 rings (SSSR count).